The van der Waals surface area contributed by atoms with E-state index in [1.54, 1.807) is 24.5 Å². The van der Waals surface area contributed by atoms with Crippen molar-refractivity contribution in [1.82, 2.24) is 9.97 Å². The van der Waals surface area contributed by atoms with Crippen molar-refractivity contribution in [2.75, 3.05) is 17.1 Å². The van der Waals surface area contributed by atoms with Gasteiger partial charge in [0.25, 0.3) is 10.0 Å². The van der Waals surface area contributed by atoms with Crippen LogP contribution in [0.3, 0.4) is 0 Å². The van der Waals surface area contributed by atoms with E-state index in [-0.39, 0.29) is 10.6 Å². The highest BCUT2D eigenvalue weighted by molar-refractivity contribution is 7.92. The lowest BCUT2D eigenvalue weighted by Crippen LogP contribution is -2.16. The topological polar surface area (TPSA) is 93.2 Å². The lowest BCUT2D eigenvalue weighted by Gasteiger charge is -2.17. The molecule has 3 aromatic carbocycles. The van der Waals surface area contributed by atoms with Gasteiger partial charge < -0.3 is 10.1 Å². The third kappa shape index (κ3) is 5.33. The maximum absolute atomic E-state index is 13.3. The van der Waals surface area contributed by atoms with Crippen molar-refractivity contribution < 1.29 is 13.2 Å². The van der Waals surface area contributed by atoms with Gasteiger partial charge in [-0.2, -0.15) is 0 Å². The van der Waals surface area contributed by atoms with Crippen LogP contribution < -0.4 is 14.8 Å². The minimum absolute atomic E-state index is 0.0237. The minimum atomic E-state index is -3.93. The zero-order valence-electron chi connectivity index (χ0n) is 19.7. The molecule has 0 aliphatic carbocycles. The van der Waals surface area contributed by atoms with E-state index in [2.05, 4.69) is 26.6 Å². The number of aryl methyl sites for hydroxylation is 2. The molecule has 1 aromatic heterocycles. The number of methoxy groups -OCH3 is 1. The first kappa shape index (κ1) is 24.0. The molecule has 2 N–H and O–H groups in total. The summed E-state index contributed by atoms with van der Waals surface area (Å²) in [4.78, 5) is 8.16. The molecule has 0 saturated heterocycles. The standard InChI is InChI=1S/C27H26N4O3S/c1-18-7-5-8-19(2)27(18)31-35(32,33)26-14-24(11-12-25(26)34-4)30-20(3)21-9-6-10-22(13-21)23-15-28-17-29-16-23/h5-17,30-31H,3H2,1-2,4H3. The van der Waals surface area contributed by atoms with Crippen LogP contribution in [-0.2, 0) is 10.0 Å². The molecule has 0 spiro atoms. The number of rotatable bonds is 8. The molecule has 0 aliphatic rings. The van der Waals surface area contributed by atoms with Crippen LogP contribution in [0.1, 0.15) is 16.7 Å². The molecule has 4 rings (SSSR count). The summed E-state index contributed by atoms with van der Waals surface area (Å²) in [6.07, 6.45) is 4.97. The lowest BCUT2D eigenvalue weighted by molar-refractivity contribution is 0.403. The Bertz CT molecular complexity index is 1470. The second-order valence-corrected chi connectivity index (χ2v) is 9.70. The van der Waals surface area contributed by atoms with Crippen LogP contribution in [0.25, 0.3) is 16.8 Å². The number of aromatic nitrogens is 2. The van der Waals surface area contributed by atoms with E-state index in [1.165, 1.54) is 19.5 Å². The second-order valence-electron chi connectivity index (χ2n) is 8.05. The molecule has 35 heavy (non-hydrogen) atoms. The first-order valence-electron chi connectivity index (χ1n) is 10.9. The molecule has 1 heterocycles. The third-order valence-corrected chi connectivity index (χ3v) is 6.94. The van der Waals surface area contributed by atoms with Crippen molar-refractivity contribution in [3.8, 4) is 16.9 Å². The van der Waals surface area contributed by atoms with Gasteiger partial charge in [-0.25, -0.2) is 18.4 Å². The van der Waals surface area contributed by atoms with Crippen molar-refractivity contribution >= 4 is 27.1 Å². The predicted molar refractivity (Wildman–Crippen MR) is 140 cm³/mol. The monoisotopic (exact) mass is 486 g/mol. The van der Waals surface area contributed by atoms with Gasteiger partial charge in [0.2, 0.25) is 0 Å². The van der Waals surface area contributed by atoms with Crippen LogP contribution in [0.2, 0.25) is 0 Å². The fraction of sp³-hybridized carbons (Fsp3) is 0.111. The van der Waals surface area contributed by atoms with Gasteiger partial charge in [0.15, 0.2) is 0 Å². The Kier molecular flexibility index (Phi) is 6.84. The van der Waals surface area contributed by atoms with Crippen LogP contribution in [-0.4, -0.2) is 25.5 Å². The Morgan fingerprint density at radius 2 is 1.60 bits per heavy atom. The van der Waals surface area contributed by atoms with Gasteiger partial charge in [-0.05, 0) is 60.4 Å². The van der Waals surface area contributed by atoms with Crippen molar-refractivity contribution in [1.29, 1.82) is 0 Å². The van der Waals surface area contributed by atoms with Gasteiger partial charge in [0.05, 0.1) is 12.8 Å². The Labute approximate surface area is 205 Å². The fourth-order valence-corrected chi connectivity index (χ4v) is 5.11. The van der Waals surface area contributed by atoms with E-state index < -0.39 is 10.0 Å². The number of hydrogen-bond donors (Lipinski definition) is 2. The number of ether oxygens (including phenoxy) is 1. The molecule has 0 atom stereocenters. The average molecular weight is 487 g/mol. The van der Waals surface area contributed by atoms with Gasteiger partial charge in [0.1, 0.15) is 17.0 Å². The average Bonchev–Trinajstić information content (AvgIpc) is 2.87. The van der Waals surface area contributed by atoms with Crippen LogP contribution >= 0.6 is 0 Å². The molecule has 4 aromatic rings. The summed E-state index contributed by atoms with van der Waals surface area (Å²) in [6.45, 7) is 7.86. The van der Waals surface area contributed by atoms with Crippen molar-refractivity contribution in [3.63, 3.8) is 0 Å². The third-order valence-electron chi connectivity index (χ3n) is 5.57. The van der Waals surface area contributed by atoms with E-state index in [0.29, 0.717) is 17.1 Å². The Morgan fingerprint density at radius 3 is 2.29 bits per heavy atom. The van der Waals surface area contributed by atoms with Crippen LogP contribution in [0.5, 0.6) is 5.75 Å². The number of benzene rings is 3. The van der Waals surface area contributed by atoms with Gasteiger partial charge >= 0.3 is 0 Å². The highest BCUT2D eigenvalue weighted by Gasteiger charge is 2.22. The van der Waals surface area contributed by atoms with Gasteiger partial charge in [-0.3, -0.25) is 4.72 Å². The molecule has 7 nitrogen and oxygen atoms in total. The van der Waals surface area contributed by atoms with Crippen molar-refractivity contribution in [2.24, 2.45) is 0 Å². The molecule has 0 bridgehead atoms. The second kappa shape index (κ2) is 9.99. The predicted octanol–water partition coefficient (Wildman–Crippen LogP) is 5.65. The Balaban J connectivity index is 1.62. The van der Waals surface area contributed by atoms with E-state index in [9.17, 15) is 8.42 Å². The van der Waals surface area contributed by atoms with Gasteiger partial charge in [-0.1, -0.05) is 43.0 Å². The molecule has 178 valence electrons. The first-order chi connectivity index (χ1) is 16.8. The molecule has 0 saturated carbocycles. The SMILES string of the molecule is C=C(Nc1ccc(OC)c(S(=O)(=O)Nc2c(C)cccc2C)c1)c1cccc(-c2cncnc2)c1. The van der Waals surface area contributed by atoms with Crippen LogP contribution in [0.4, 0.5) is 11.4 Å². The molecule has 0 fully saturated rings. The summed E-state index contributed by atoms with van der Waals surface area (Å²) in [6, 6.07) is 18.3. The quantitative estimate of drug-likeness (QED) is 0.334. The summed E-state index contributed by atoms with van der Waals surface area (Å²) in [7, 11) is -2.48. The summed E-state index contributed by atoms with van der Waals surface area (Å²) in [5.74, 6) is 0.242. The van der Waals surface area contributed by atoms with Gasteiger partial charge in [0, 0.05) is 29.3 Å². The van der Waals surface area contributed by atoms with Crippen LogP contribution in [0, 0.1) is 13.8 Å². The van der Waals surface area contributed by atoms with Crippen molar-refractivity contribution in [2.45, 2.75) is 18.7 Å². The Morgan fingerprint density at radius 1 is 0.914 bits per heavy atom. The zero-order chi connectivity index (χ0) is 25.0. The molecular formula is C27H26N4O3S. The van der Waals surface area contributed by atoms with Gasteiger partial charge in [-0.15, -0.1) is 0 Å². The number of nitrogens with one attached hydrogen (secondary N) is 2. The molecular weight excluding hydrogens is 460 g/mol. The zero-order valence-corrected chi connectivity index (χ0v) is 20.6. The maximum atomic E-state index is 13.3. The highest BCUT2D eigenvalue weighted by atomic mass is 32.2. The maximum Gasteiger partial charge on any atom is 0.265 e. The molecule has 0 amide bonds. The summed E-state index contributed by atoms with van der Waals surface area (Å²) < 4.78 is 34.8. The number of sulfonamides is 1. The van der Waals surface area contributed by atoms with E-state index in [4.69, 9.17) is 4.74 Å². The fourth-order valence-electron chi connectivity index (χ4n) is 3.71. The Hall–Kier alpha value is -4.17. The number of anilines is 2. The molecule has 0 radical (unpaired) electrons. The van der Waals surface area contributed by atoms with E-state index in [0.717, 1.165) is 27.8 Å². The van der Waals surface area contributed by atoms with E-state index in [1.807, 2.05) is 56.3 Å². The van der Waals surface area contributed by atoms with E-state index >= 15 is 0 Å². The largest absolute Gasteiger partial charge is 0.495 e. The number of para-hydroxylation sites is 1. The first-order valence-corrected chi connectivity index (χ1v) is 12.4. The summed E-state index contributed by atoms with van der Waals surface area (Å²) in [5.41, 5.74) is 6.07. The van der Waals surface area contributed by atoms with Crippen LogP contribution in [0.15, 0.2) is 90.9 Å². The molecule has 8 heteroatoms. The number of hydrogen-bond acceptors (Lipinski definition) is 6. The molecule has 0 unspecified atom stereocenters. The van der Waals surface area contributed by atoms with Crippen molar-refractivity contribution in [3.05, 3.63) is 103 Å². The normalized spacial score (nSPS) is 11.1. The molecule has 0 aliphatic heterocycles. The number of nitrogens with zero attached hydrogens (tertiary/aromatic N) is 2. The summed E-state index contributed by atoms with van der Waals surface area (Å²) in [5, 5.41) is 3.21. The highest BCUT2D eigenvalue weighted by Crippen LogP contribution is 2.32. The smallest absolute Gasteiger partial charge is 0.265 e. The summed E-state index contributed by atoms with van der Waals surface area (Å²) >= 11 is 0. The lowest BCUT2D eigenvalue weighted by atomic mass is 10.0. The minimum Gasteiger partial charge on any atom is -0.495 e.